The van der Waals surface area contributed by atoms with Crippen molar-refractivity contribution in [1.82, 2.24) is 19.3 Å². The second-order valence-corrected chi connectivity index (χ2v) is 6.86. The van der Waals surface area contributed by atoms with Gasteiger partial charge in [-0.15, -0.1) is 0 Å². The topological polar surface area (TPSA) is 88.4 Å². The van der Waals surface area contributed by atoms with Gasteiger partial charge in [-0.3, -0.25) is 0 Å². The molecule has 0 atom stereocenters. The van der Waals surface area contributed by atoms with E-state index >= 15 is 0 Å². The van der Waals surface area contributed by atoms with Crippen molar-refractivity contribution >= 4 is 21.5 Å². The molecule has 0 saturated carbocycles. The predicted molar refractivity (Wildman–Crippen MR) is 83.2 cm³/mol. The van der Waals surface area contributed by atoms with E-state index in [0.717, 1.165) is 41.1 Å². The summed E-state index contributed by atoms with van der Waals surface area (Å²) in [7, 11) is -3.16. The fourth-order valence-corrected chi connectivity index (χ4v) is 2.49. The molecule has 116 valence electrons. The molecule has 0 radical (unpaired) electrons. The summed E-state index contributed by atoms with van der Waals surface area (Å²) in [5.74, 6) is 0.823. The van der Waals surface area contributed by atoms with E-state index < -0.39 is 10.0 Å². The molecule has 0 aliphatic rings. The zero-order valence-electron chi connectivity index (χ0n) is 12.8. The molecule has 2 aromatic rings. The molecule has 7 nitrogen and oxygen atoms in total. The van der Waals surface area contributed by atoms with Gasteiger partial charge in [0.1, 0.15) is 5.82 Å². The number of hydrogen-bond acceptors (Lipinski definition) is 5. The molecular formula is C13H21N5O2S. The van der Waals surface area contributed by atoms with Crippen molar-refractivity contribution in [3.63, 3.8) is 0 Å². The van der Waals surface area contributed by atoms with Crippen LogP contribution < -0.4 is 10.0 Å². The summed E-state index contributed by atoms with van der Waals surface area (Å²) in [6, 6.07) is 1.94. The molecule has 0 aromatic carbocycles. The first-order valence-corrected chi connectivity index (χ1v) is 8.75. The highest BCUT2D eigenvalue weighted by Gasteiger charge is 2.11. The minimum atomic E-state index is -3.16. The van der Waals surface area contributed by atoms with Gasteiger partial charge in [-0.05, 0) is 20.3 Å². The standard InChI is InChI=1S/C13H21N5O2S/c1-5-11-8-12(14-6-7-15-21(4,19)20)18-13(16-11)9(2)10(3)17-18/h8,14-15H,5-7H2,1-4H3. The van der Waals surface area contributed by atoms with Crippen LogP contribution in [0.2, 0.25) is 0 Å². The normalized spacial score (nSPS) is 12.0. The van der Waals surface area contributed by atoms with Crippen LogP contribution in [0.4, 0.5) is 5.82 Å². The molecular weight excluding hydrogens is 290 g/mol. The monoisotopic (exact) mass is 311 g/mol. The average Bonchev–Trinajstić information content (AvgIpc) is 2.70. The maximum Gasteiger partial charge on any atom is 0.208 e. The Morgan fingerprint density at radius 2 is 2.00 bits per heavy atom. The molecule has 0 bridgehead atoms. The van der Waals surface area contributed by atoms with E-state index in [-0.39, 0.29) is 0 Å². The Hall–Kier alpha value is -1.67. The van der Waals surface area contributed by atoms with Gasteiger partial charge in [0.15, 0.2) is 5.65 Å². The minimum Gasteiger partial charge on any atom is -0.369 e. The smallest absolute Gasteiger partial charge is 0.208 e. The molecule has 0 unspecified atom stereocenters. The Bertz CT molecular complexity index is 751. The lowest BCUT2D eigenvalue weighted by Crippen LogP contribution is -2.28. The Morgan fingerprint density at radius 3 is 2.62 bits per heavy atom. The van der Waals surface area contributed by atoms with Gasteiger partial charge in [0, 0.05) is 30.4 Å². The lowest BCUT2D eigenvalue weighted by atomic mass is 10.2. The zero-order chi connectivity index (χ0) is 15.6. The fourth-order valence-electron chi connectivity index (χ4n) is 2.01. The second kappa shape index (κ2) is 5.98. The first-order chi connectivity index (χ1) is 9.81. The maximum atomic E-state index is 11.0. The van der Waals surface area contributed by atoms with E-state index in [1.54, 1.807) is 4.52 Å². The lowest BCUT2D eigenvalue weighted by molar-refractivity contribution is 0.589. The number of nitrogens with zero attached hydrogens (tertiary/aromatic N) is 3. The van der Waals surface area contributed by atoms with Gasteiger partial charge in [0.2, 0.25) is 10.0 Å². The van der Waals surface area contributed by atoms with Gasteiger partial charge >= 0.3 is 0 Å². The molecule has 0 spiro atoms. The molecule has 8 heteroatoms. The van der Waals surface area contributed by atoms with Crippen LogP contribution in [0.25, 0.3) is 5.65 Å². The van der Waals surface area contributed by atoms with Crippen LogP contribution in [0.1, 0.15) is 23.9 Å². The van der Waals surface area contributed by atoms with E-state index in [1.807, 2.05) is 26.8 Å². The Balaban J connectivity index is 2.24. The summed E-state index contributed by atoms with van der Waals surface area (Å²) in [4.78, 5) is 4.59. The van der Waals surface area contributed by atoms with Crippen molar-refractivity contribution in [2.45, 2.75) is 27.2 Å². The van der Waals surface area contributed by atoms with Crippen LogP contribution >= 0.6 is 0 Å². The predicted octanol–water partition coefficient (Wildman–Crippen LogP) is 0.870. The zero-order valence-corrected chi connectivity index (χ0v) is 13.6. The number of anilines is 1. The Morgan fingerprint density at radius 1 is 1.29 bits per heavy atom. The quantitative estimate of drug-likeness (QED) is 0.773. The van der Waals surface area contributed by atoms with Gasteiger partial charge in [-0.2, -0.15) is 9.61 Å². The van der Waals surface area contributed by atoms with Crippen LogP contribution in [-0.2, 0) is 16.4 Å². The molecule has 0 amide bonds. The highest BCUT2D eigenvalue weighted by molar-refractivity contribution is 7.88. The van der Waals surface area contributed by atoms with Crippen molar-refractivity contribution in [2.24, 2.45) is 0 Å². The molecule has 21 heavy (non-hydrogen) atoms. The molecule has 0 saturated heterocycles. The number of aryl methyl sites for hydroxylation is 3. The van der Waals surface area contributed by atoms with Gasteiger partial charge in [-0.1, -0.05) is 6.92 Å². The largest absolute Gasteiger partial charge is 0.369 e. The number of hydrogen-bond donors (Lipinski definition) is 2. The van der Waals surface area contributed by atoms with Crippen molar-refractivity contribution < 1.29 is 8.42 Å². The summed E-state index contributed by atoms with van der Waals surface area (Å²) in [5.41, 5.74) is 3.81. The summed E-state index contributed by atoms with van der Waals surface area (Å²) in [6.07, 6.45) is 1.98. The van der Waals surface area contributed by atoms with Crippen molar-refractivity contribution in [3.8, 4) is 0 Å². The summed E-state index contributed by atoms with van der Waals surface area (Å²) in [5, 5.41) is 7.68. The van der Waals surface area contributed by atoms with Crippen LogP contribution in [0.5, 0.6) is 0 Å². The van der Waals surface area contributed by atoms with E-state index in [0.29, 0.717) is 13.1 Å². The highest BCUT2D eigenvalue weighted by Crippen LogP contribution is 2.18. The number of aromatic nitrogens is 3. The lowest BCUT2D eigenvalue weighted by Gasteiger charge is -2.10. The number of nitrogens with one attached hydrogen (secondary N) is 2. The van der Waals surface area contributed by atoms with E-state index in [4.69, 9.17) is 0 Å². The van der Waals surface area contributed by atoms with E-state index in [9.17, 15) is 8.42 Å². The summed E-state index contributed by atoms with van der Waals surface area (Å²) < 4.78 is 26.3. The van der Waals surface area contributed by atoms with Crippen molar-refractivity contribution in [3.05, 3.63) is 23.0 Å². The van der Waals surface area contributed by atoms with E-state index in [1.165, 1.54) is 0 Å². The SMILES string of the molecule is CCc1cc(NCCNS(C)(=O)=O)n2nc(C)c(C)c2n1. The first-order valence-electron chi connectivity index (χ1n) is 6.86. The van der Waals surface area contributed by atoms with Crippen LogP contribution in [0, 0.1) is 13.8 Å². The number of fused-ring (bicyclic) bond motifs is 1. The number of sulfonamides is 1. The minimum absolute atomic E-state index is 0.323. The van der Waals surface area contributed by atoms with Gasteiger partial charge < -0.3 is 5.32 Å². The summed E-state index contributed by atoms with van der Waals surface area (Å²) in [6.45, 7) is 6.80. The highest BCUT2D eigenvalue weighted by atomic mass is 32.2. The molecule has 0 aliphatic heterocycles. The third kappa shape index (κ3) is 3.70. The second-order valence-electron chi connectivity index (χ2n) is 5.03. The van der Waals surface area contributed by atoms with Gasteiger partial charge in [-0.25, -0.2) is 18.1 Å². The first kappa shape index (κ1) is 15.7. The Kier molecular flexibility index (Phi) is 4.48. The Labute approximate surface area is 124 Å². The molecule has 0 aliphatic carbocycles. The molecule has 2 N–H and O–H groups in total. The van der Waals surface area contributed by atoms with Crippen LogP contribution in [0.3, 0.4) is 0 Å². The van der Waals surface area contributed by atoms with Gasteiger partial charge in [0.05, 0.1) is 11.9 Å². The molecule has 0 fully saturated rings. The van der Waals surface area contributed by atoms with Crippen molar-refractivity contribution in [2.75, 3.05) is 24.7 Å². The number of rotatable bonds is 6. The molecule has 2 heterocycles. The van der Waals surface area contributed by atoms with Crippen molar-refractivity contribution in [1.29, 1.82) is 0 Å². The van der Waals surface area contributed by atoms with Gasteiger partial charge in [0.25, 0.3) is 0 Å². The molecule has 2 aromatic heterocycles. The van der Waals surface area contributed by atoms with E-state index in [2.05, 4.69) is 20.1 Å². The van der Waals surface area contributed by atoms with Crippen LogP contribution in [0.15, 0.2) is 6.07 Å². The average molecular weight is 311 g/mol. The maximum absolute atomic E-state index is 11.0. The summed E-state index contributed by atoms with van der Waals surface area (Å²) >= 11 is 0. The third-order valence-corrected chi connectivity index (χ3v) is 4.00. The molecule has 2 rings (SSSR count). The third-order valence-electron chi connectivity index (χ3n) is 3.27. The fraction of sp³-hybridized carbons (Fsp3) is 0.538. The van der Waals surface area contributed by atoms with Crippen LogP contribution in [-0.4, -0.2) is 42.4 Å².